The lowest BCUT2D eigenvalue weighted by Gasteiger charge is -2.14. The highest BCUT2D eigenvalue weighted by Gasteiger charge is 2.29. The zero-order chi connectivity index (χ0) is 11.4. The lowest BCUT2D eigenvalue weighted by atomic mass is 10.4. The Kier molecular flexibility index (Phi) is 4.96. The van der Waals surface area contributed by atoms with E-state index in [2.05, 4.69) is 15.6 Å². The van der Waals surface area contributed by atoms with E-state index in [1.165, 1.54) is 6.92 Å². The van der Waals surface area contributed by atoms with E-state index in [1.54, 1.807) is 0 Å². The van der Waals surface area contributed by atoms with Gasteiger partial charge in [-0.05, 0) is 6.92 Å². The van der Waals surface area contributed by atoms with Gasteiger partial charge in [-0.1, -0.05) is 6.58 Å². The van der Waals surface area contributed by atoms with Gasteiger partial charge in [0.1, 0.15) is 0 Å². The molecule has 8 heteroatoms. The molecule has 0 radical (unpaired) electrons. The van der Waals surface area contributed by atoms with Crippen LogP contribution in [0, 0.1) is 0 Å². The lowest BCUT2D eigenvalue weighted by Crippen LogP contribution is -2.17. The summed E-state index contributed by atoms with van der Waals surface area (Å²) < 4.78 is 18.8. The SMILES string of the molecule is C=C(C)C(=O)OP(=O)(O)OC(O)CO. The van der Waals surface area contributed by atoms with Crippen LogP contribution >= 0.6 is 7.82 Å². The highest BCUT2D eigenvalue weighted by Crippen LogP contribution is 2.44. The van der Waals surface area contributed by atoms with Gasteiger partial charge >= 0.3 is 13.8 Å². The van der Waals surface area contributed by atoms with Crippen molar-refractivity contribution < 1.29 is 33.5 Å². The number of aliphatic hydroxyl groups is 2. The predicted molar refractivity (Wildman–Crippen MR) is 44.9 cm³/mol. The highest BCUT2D eigenvalue weighted by molar-refractivity contribution is 7.48. The maximum atomic E-state index is 10.9. The second kappa shape index (κ2) is 5.23. The molecule has 0 spiro atoms. The first-order valence-corrected chi connectivity index (χ1v) is 4.97. The van der Waals surface area contributed by atoms with Crippen molar-refractivity contribution in [2.45, 2.75) is 13.2 Å². The molecule has 14 heavy (non-hydrogen) atoms. The molecular formula is C6H11O7P. The molecule has 3 N–H and O–H groups in total. The van der Waals surface area contributed by atoms with Crippen molar-refractivity contribution in [1.82, 2.24) is 0 Å². The van der Waals surface area contributed by atoms with Crippen LogP contribution in [0.25, 0.3) is 0 Å². The summed E-state index contributed by atoms with van der Waals surface area (Å²) in [5, 5.41) is 16.9. The summed E-state index contributed by atoms with van der Waals surface area (Å²) in [6.07, 6.45) is -1.89. The second-order valence-electron chi connectivity index (χ2n) is 2.37. The van der Waals surface area contributed by atoms with E-state index in [4.69, 9.17) is 15.1 Å². The minimum Gasteiger partial charge on any atom is -0.391 e. The van der Waals surface area contributed by atoms with Gasteiger partial charge in [-0.2, -0.15) is 0 Å². The molecule has 0 amide bonds. The van der Waals surface area contributed by atoms with Crippen molar-refractivity contribution in [3.63, 3.8) is 0 Å². The van der Waals surface area contributed by atoms with Gasteiger partial charge in [-0.25, -0.2) is 13.9 Å². The number of hydrogen-bond donors (Lipinski definition) is 3. The van der Waals surface area contributed by atoms with Gasteiger partial charge < -0.3 is 14.7 Å². The molecule has 0 aromatic heterocycles. The van der Waals surface area contributed by atoms with Crippen molar-refractivity contribution in [1.29, 1.82) is 0 Å². The number of phosphoric ester groups is 1. The number of rotatable bonds is 5. The van der Waals surface area contributed by atoms with Gasteiger partial charge in [0.2, 0.25) is 0 Å². The quantitative estimate of drug-likeness (QED) is 0.330. The van der Waals surface area contributed by atoms with E-state index in [1.807, 2.05) is 0 Å². The van der Waals surface area contributed by atoms with Gasteiger partial charge in [0.15, 0.2) is 6.29 Å². The molecule has 0 aromatic rings. The minimum absolute atomic E-state index is 0.0960. The van der Waals surface area contributed by atoms with Crippen LogP contribution in [-0.4, -0.2) is 34.0 Å². The fourth-order valence-electron chi connectivity index (χ4n) is 0.391. The summed E-state index contributed by atoms with van der Waals surface area (Å²) in [5.41, 5.74) is -0.0960. The number of aliphatic hydroxyl groups excluding tert-OH is 2. The van der Waals surface area contributed by atoms with Crippen molar-refractivity contribution >= 4 is 13.8 Å². The number of hydrogen-bond acceptors (Lipinski definition) is 6. The standard InChI is InChI=1S/C6H11O7P/c1-4(2)6(9)13-14(10,11)12-5(8)3-7/h5,7-8H,1,3H2,2H3,(H,10,11). The zero-order valence-corrected chi connectivity index (χ0v) is 8.31. The molecule has 0 aliphatic rings. The summed E-state index contributed by atoms with van der Waals surface area (Å²) in [7, 11) is -4.70. The average Bonchev–Trinajstić information content (AvgIpc) is 2.02. The molecule has 0 aromatic carbocycles. The summed E-state index contributed by atoms with van der Waals surface area (Å²) >= 11 is 0. The molecule has 0 heterocycles. The Morgan fingerprint density at radius 2 is 2.14 bits per heavy atom. The Bertz CT molecular complexity index is 273. The van der Waals surface area contributed by atoms with Gasteiger partial charge in [0.25, 0.3) is 0 Å². The maximum Gasteiger partial charge on any atom is 0.532 e. The molecule has 0 bridgehead atoms. The molecule has 0 rings (SSSR count). The third kappa shape index (κ3) is 5.11. The second-order valence-corrected chi connectivity index (χ2v) is 3.70. The smallest absolute Gasteiger partial charge is 0.391 e. The highest BCUT2D eigenvalue weighted by atomic mass is 31.2. The molecule has 0 aliphatic carbocycles. The summed E-state index contributed by atoms with van der Waals surface area (Å²) in [4.78, 5) is 19.6. The monoisotopic (exact) mass is 226 g/mol. The topological polar surface area (TPSA) is 113 Å². The lowest BCUT2D eigenvalue weighted by molar-refractivity contribution is -0.134. The summed E-state index contributed by atoms with van der Waals surface area (Å²) in [5.74, 6) is -1.12. The van der Waals surface area contributed by atoms with Crippen molar-refractivity contribution in [2.75, 3.05) is 6.61 Å². The van der Waals surface area contributed by atoms with Crippen LogP contribution in [0.4, 0.5) is 0 Å². The molecule has 7 nitrogen and oxygen atoms in total. The molecule has 0 saturated carbocycles. The largest absolute Gasteiger partial charge is 0.532 e. The van der Waals surface area contributed by atoms with E-state index >= 15 is 0 Å². The van der Waals surface area contributed by atoms with Crippen molar-refractivity contribution in [2.24, 2.45) is 0 Å². The van der Waals surface area contributed by atoms with Crippen LogP contribution in [0.3, 0.4) is 0 Å². The Morgan fingerprint density at radius 3 is 2.50 bits per heavy atom. The van der Waals surface area contributed by atoms with Crippen LogP contribution in [-0.2, 0) is 18.4 Å². The Hall–Kier alpha value is -0.720. The van der Waals surface area contributed by atoms with Gasteiger partial charge in [0, 0.05) is 5.57 Å². The molecule has 0 saturated heterocycles. The van der Waals surface area contributed by atoms with Crippen molar-refractivity contribution in [3.05, 3.63) is 12.2 Å². The minimum atomic E-state index is -4.70. The molecule has 82 valence electrons. The van der Waals surface area contributed by atoms with Crippen LogP contribution in [0.15, 0.2) is 12.2 Å². The van der Waals surface area contributed by atoms with E-state index in [9.17, 15) is 9.36 Å². The Labute approximate surface area is 80.2 Å². The Balaban J connectivity index is 4.28. The van der Waals surface area contributed by atoms with Crippen LogP contribution < -0.4 is 0 Å². The normalized spacial score (nSPS) is 16.9. The summed E-state index contributed by atoms with van der Waals surface area (Å²) in [6.45, 7) is 3.54. The third-order valence-corrected chi connectivity index (χ3v) is 1.86. The first-order chi connectivity index (χ1) is 6.28. The van der Waals surface area contributed by atoms with Crippen molar-refractivity contribution in [3.8, 4) is 0 Å². The summed E-state index contributed by atoms with van der Waals surface area (Å²) in [6, 6.07) is 0. The number of phosphoric acid groups is 1. The first-order valence-electron chi connectivity index (χ1n) is 3.48. The van der Waals surface area contributed by atoms with Gasteiger partial charge in [-0.15, -0.1) is 0 Å². The molecular weight excluding hydrogens is 215 g/mol. The molecule has 2 unspecified atom stereocenters. The molecule has 2 atom stereocenters. The van der Waals surface area contributed by atoms with Gasteiger partial charge in [0.05, 0.1) is 6.61 Å². The van der Waals surface area contributed by atoms with E-state index < -0.39 is 26.7 Å². The molecule has 0 aliphatic heterocycles. The fraction of sp³-hybridized carbons (Fsp3) is 0.500. The van der Waals surface area contributed by atoms with Crippen LogP contribution in [0.5, 0.6) is 0 Å². The van der Waals surface area contributed by atoms with E-state index in [-0.39, 0.29) is 5.57 Å². The predicted octanol–water partition coefficient (Wildman–Crippen LogP) is -0.467. The van der Waals surface area contributed by atoms with Gasteiger partial charge in [-0.3, -0.25) is 4.89 Å². The number of carbonyl (C=O) groups is 1. The average molecular weight is 226 g/mol. The van der Waals surface area contributed by atoms with Crippen LogP contribution in [0.2, 0.25) is 0 Å². The van der Waals surface area contributed by atoms with E-state index in [0.29, 0.717) is 0 Å². The maximum absolute atomic E-state index is 10.9. The number of carbonyl (C=O) groups excluding carboxylic acids is 1. The Morgan fingerprint density at radius 1 is 1.64 bits per heavy atom. The fourth-order valence-corrected chi connectivity index (χ4v) is 1.17. The third-order valence-electron chi connectivity index (χ3n) is 0.958. The van der Waals surface area contributed by atoms with E-state index in [0.717, 1.165) is 0 Å². The van der Waals surface area contributed by atoms with Crippen LogP contribution in [0.1, 0.15) is 6.92 Å². The first kappa shape index (κ1) is 13.3. The zero-order valence-electron chi connectivity index (χ0n) is 7.41. The molecule has 0 fully saturated rings.